The third-order valence-electron chi connectivity index (χ3n) is 2.60. The molecule has 2 aromatic rings. The molecule has 0 spiro atoms. The van der Waals surface area contributed by atoms with Crippen LogP contribution in [0.2, 0.25) is 0 Å². The monoisotopic (exact) mass is 299 g/mol. The summed E-state index contributed by atoms with van der Waals surface area (Å²) >= 11 is 5.17. The number of hydrogen-bond donors (Lipinski definition) is 1. The molecule has 0 bridgehead atoms. The van der Waals surface area contributed by atoms with Crippen LogP contribution < -0.4 is 5.32 Å². The maximum Gasteiger partial charge on any atom is 0.0827 e. The summed E-state index contributed by atoms with van der Waals surface area (Å²) in [6.07, 6.45) is 0. The van der Waals surface area contributed by atoms with Gasteiger partial charge in [0, 0.05) is 13.6 Å². The molecule has 86 valence electrons. The highest BCUT2D eigenvalue weighted by Gasteiger charge is 2.08. The van der Waals surface area contributed by atoms with Gasteiger partial charge >= 0.3 is 0 Å². The lowest BCUT2D eigenvalue weighted by Gasteiger charge is -2.05. The molecule has 0 aromatic carbocycles. The lowest BCUT2D eigenvalue weighted by molar-refractivity contribution is 0.731. The summed E-state index contributed by atoms with van der Waals surface area (Å²) in [6.45, 7) is 4.94. The fourth-order valence-electron chi connectivity index (χ4n) is 1.66. The highest BCUT2D eigenvalue weighted by molar-refractivity contribution is 9.11. The van der Waals surface area contributed by atoms with Gasteiger partial charge in [0.2, 0.25) is 0 Å². The first-order valence-corrected chi connectivity index (χ1v) is 6.72. The van der Waals surface area contributed by atoms with E-state index >= 15 is 0 Å². The van der Waals surface area contributed by atoms with Gasteiger partial charge in [-0.05, 0) is 46.8 Å². The number of nitrogens with zero attached hydrogens (tertiary/aromatic N) is 2. The molecule has 0 aliphatic carbocycles. The molecule has 2 heterocycles. The highest BCUT2D eigenvalue weighted by Crippen LogP contribution is 2.23. The van der Waals surface area contributed by atoms with Crippen molar-refractivity contribution in [2.75, 3.05) is 5.32 Å². The van der Waals surface area contributed by atoms with Crippen LogP contribution in [0.3, 0.4) is 0 Å². The third kappa shape index (κ3) is 2.30. The quantitative estimate of drug-likeness (QED) is 0.940. The summed E-state index contributed by atoms with van der Waals surface area (Å²) in [5, 5.41) is 9.96. The summed E-state index contributed by atoms with van der Waals surface area (Å²) in [5.41, 5.74) is 4.66. The van der Waals surface area contributed by atoms with Gasteiger partial charge in [-0.15, -0.1) is 11.3 Å². The Hall–Kier alpha value is -0.810. The van der Waals surface area contributed by atoms with Crippen molar-refractivity contribution in [3.63, 3.8) is 0 Å². The number of aromatic nitrogens is 2. The smallest absolute Gasteiger partial charge is 0.0827 e. The summed E-state index contributed by atoms with van der Waals surface area (Å²) in [5.74, 6) is 0. The van der Waals surface area contributed by atoms with Crippen LogP contribution in [-0.2, 0) is 13.6 Å². The van der Waals surface area contributed by atoms with E-state index in [1.54, 1.807) is 11.3 Å². The van der Waals surface area contributed by atoms with Gasteiger partial charge in [0.05, 0.1) is 20.9 Å². The summed E-state index contributed by atoms with van der Waals surface area (Å²) in [7, 11) is 1.97. The number of rotatable bonds is 3. The van der Waals surface area contributed by atoms with Crippen molar-refractivity contribution in [3.8, 4) is 0 Å². The molecular formula is C11H14BrN3S. The fourth-order valence-corrected chi connectivity index (χ4v) is 2.87. The van der Waals surface area contributed by atoms with Crippen LogP contribution in [0.4, 0.5) is 5.69 Å². The number of halogens is 1. The average molecular weight is 300 g/mol. The van der Waals surface area contributed by atoms with Crippen molar-refractivity contribution in [1.82, 2.24) is 9.78 Å². The SMILES string of the molecule is Cc1nn(C)c(C)c1NCc1csc(Br)c1. The second-order valence-corrected chi connectivity index (χ2v) is 6.07. The maximum absolute atomic E-state index is 4.38. The van der Waals surface area contributed by atoms with Gasteiger partial charge < -0.3 is 5.32 Å². The topological polar surface area (TPSA) is 29.9 Å². The van der Waals surface area contributed by atoms with Crippen molar-refractivity contribution >= 4 is 33.0 Å². The Balaban J connectivity index is 2.10. The zero-order valence-corrected chi connectivity index (χ0v) is 11.9. The second kappa shape index (κ2) is 4.59. The van der Waals surface area contributed by atoms with Crippen LogP contribution in [0.25, 0.3) is 0 Å². The van der Waals surface area contributed by atoms with Crippen LogP contribution >= 0.6 is 27.3 Å². The van der Waals surface area contributed by atoms with Crippen LogP contribution in [0.5, 0.6) is 0 Å². The predicted molar refractivity (Wildman–Crippen MR) is 72.0 cm³/mol. The summed E-state index contributed by atoms with van der Waals surface area (Å²) in [6, 6.07) is 2.14. The molecule has 1 N–H and O–H groups in total. The molecule has 0 aliphatic heterocycles. The molecule has 3 nitrogen and oxygen atoms in total. The molecule has 16 heavy (non-hydrogen) atoms. The van der Waals surface area contributed by atoms with Gasteiger partial charge in [-0.25, -0.2) is 0 Å². The summed E-state index contributed by atoms with van der Waals surface area (Å²) < 4.78 is 3.07. The zero-order valence-electron chi connectivity index (χ0n) is 9.54. The molecule has 0 unspecified atom stereocenters. The van der Waals surface area contributed by atoms with Crippen molar-refractivity contribution in [2.45, 2.75) is 20.4 Å². The van der Waals surface area contributed by atoms with Crippen LogP contribution in [-0.4, -0.2) is 9.78 Å². The number of hydrogen-bond acceptors (Lipinski definition) is 3. The van der Waals surface area contributed by atoms with Crippen molar-refractivity contribution < 1.29 is 0 Å². The normalized spacial score (nSPS) is 10.8. The van der Waals surface area contributed by atoms with E-state index in [2.05, 4.69) is 44.7 Å². The number of nitrogens with one attached hydrogen (secondary N) is 1. The van der Waals surface area contributed by atoms with E-state index in [0.29, 0.717) is 0 Å². The molecule has 5 heteroatoms. The molecule has 2 rings (SSSR count). The molecule has 0 amide bonds. The Bertz CT molecular complexity index is 501. The first-order chi connectivity index (χ1) is 7.58. The number of thiophene rings is 1. The van der Waals surface area contributed by atoms with Gasteiger partial charge in [-0.3, -0.25) is 4.68 Å². The first kappa shape index (κ1) is 11.7. The molecule has 0 aliphatic rings. The minimum Gasteiger partial charge on any atom is -0.378 e. The van der Waals surface area contributed by atoms with Gasteiger partial charge in [0.25, 0.3) is 0 Å². The molecule has 0 saturated carbocycles. The maximum atomic E-state index is 4.38. The second-order valence-electron chi connectivity index (χ2n) is 3.78. The Kier molecular flexibility index (Phi) is 3.35. The van der Waals surface area contributed by atoms with E-state index in [9.17, 15) is 0 Å². The van der Waals surface area contributed by atoms with Crippen LogP contribution in [0, 0.1) is 13.8 Å². The Labute approximate surface area is 108 Å². The Morgan fingerprint density at radius 3 is 2.75 bits per heavy atom. The largest absolute Gasteiger partial charge is 0.378 e. The lowest BCUT2D eigenvalue weighted by Crippen LogP contribution is -2.00. The highest BCUT2D eigenvalue weighted by atomic mass is 79.9. The van der Waals surface area contributed by atoms with Crippen molar-refractivity contribution in [3.05, 3.63) is 32.2 Å². The van der Waals surface area contributed by atoms with Gasteiger partial charge in [-0.2, -0.15) is 5.10 Å². The van der Waals surface area contributed by atoms with Gasteiger partial charge in [-0.1, -0.05) is 0 Å². The van der Waals surface area contributed by atoms with Crippen molar-refractivity contribution in [1.29, 1.82) is 0 Å². The van der Waals surface area contributed by atoms with Crippen LogP contribution in [0.15, 0.2) is 15.2 Å². The number of anilines is 1. The lowest BCUT2D eigenvalue weighted by atomic mass is 10.3. The minimum atomic E-state index is 0.843. The molecule has 0 saturated heterocycles. The van der Waals surface area contributed by atoms with Crippen LogP contribution in [0.1, 0.15) is 17.0 Å². The van der Waals surface area contributed by atoms with E-state index in [-0.39, 0.29) is 0 Å². The van der Waals surface area contributed by atoms with E-state index in [1.807, 2.05) is 18.7 Å². The Morgan fingerprint density at radius 1 is 1.50 bits per heavy atom. The molecular weight excluding hydrogens is 286 g/mol. The van der Waals surface area contributed by atoms with E-state index in [0.717, 1.165) is 17.9 Å². The van der Waals surface area contributed by atoms with E-state index < -0.39 is 0 Å². The zero-order chi connectivity index (χ0) is 11.7. The molecule has 2 aromatic heterocycles. The fraction of sp³-hybridized carbons (Fsp3) is 0.364. The Morgan fingerprint density at radius 2 is 2.25 bits per heavy atom. The first-order valence-electron chi connectivity index (χ1n) is 5.05. The van der Waals surface area contributed by atoms with Crippen molar-refractivity contribution in [2.24, 2.45) is 7.05 Å². The predicted octanol–water partition coefficient (Wildman–Crippen LogP) is 3.47. The summed E-state index contributed by atoms with van der Waals surface area (Å²) in [4.78, 5) is 0. The minimum absolute atomic E-state index is 0.843. The molecule has 0 fully saturated rings. The van der Waals surface area contributed by atoms with E-state index in [4.69, 9.17) is 0 Å². The standard InChI is InChI=1S/C11H14BrN3S/c1-7-11(8(2)15(3)14-7)13-5-9-4-10(12)16-6-9/h4,6,13H,5H2,1-3H3. The molecule has 0 radical (unpaired) electrons. The van der Waals surface area contributed by atoms with E-state index in [1.165, 1.54) is 15.0 Å². The van der Waals surface area contributed by atoms with Gasteiger partial charge in [0.1, 0.15) is 0 Å². The third-order valence-corrected chi connectivity index (χ3v) is 4.15. The molecule has 0 atom stereocenters. The number of aryl methyl sites for hydroxylation is 2. The van der Waals surface area contributed by atoms with Gasteiger partial charge in [0.15, 0.2) is 0 Å². The average Bonchev–Trinajstić information content (AvgIpc) is 2.72.